The molecule has 0 aromatic heterocycles. The second-order valence-corrected chi connectivity index (χ2v) is 4.60. The number of aromatic hydroxyl groups is 2. The molecular formula is C19H16O5. The lowest BCUT2D eigenvalue weighted by Gasteiger charge is -2.04. The van der Waals surface area contributed by atoms with Gasteiger partial charge in [-0.15, -0.1) is 0 Å². The number of phenols is 2. The first-order valence-corrected chi connectivity index (χ1v) is 7.11. The molecule has 0 aliphatic rings. The molecule has 0 heterocycles. The van der Waals surface area contributed by atoms with Crippen molar-refractivity contribution in [2.45, 2.75) is 0 Å². The van der Waals surface area contributed by atoms with E-state index >= 15 is 0 Å². The maximum atomic E-state index is 11.3. The lowest BCUT2D eigenvalue weighted by Crippen LogP contribution is -2.13. The summed E-state index contributed by atoms with van der Waals surface area (Å²) in [7, 11) is 0. The van der Waals surface area contributed by atoms with E-state index in [1.807, 2.05) is 12.1 Å². The van der Waals surface area contributed by atoms with Crippen molar-refractivity contribution in [3.63, 3.8) is 0 Å². The summed E-state index contributed by atoms with van der Waals surface area (Å²) in [6.07, 6.45) is -0.739. The Bertz CT molecular complexity index is 675. The monoisotopic (exact) mass is 324 g/mol. The Hall–Kier alpha value is -3.47. The zero-order valence-corrected chi connectivity index (χ0v) is 12.7. The average Bonchev–Trinajstić information content (AvgIpc) is 2.60. The molecule has 0 fully saturated rings. The van der Waals surface area contributed by atoms with Crippen LogP contribution >= 0.6 is 0 Å². The first kappa shape index (κ1) is 16.9. The van der Waals surface area contributed by atoms with Crippen LogP contribution in [0.4, 0.5) is 4.79 Å². The predicted molar refractivity (Wildman–Crippen MR) is 89.3 cm³/mol. The second-order valence-electron chi connectivity index (χ2n) is 4.60. The minimum atomic E-state index is -0.739. The van der Waals surface area contributed by atoms with Crippen LogP contribution in [0.3, 0.4) is 0 Å². The molecule has 3 aromatic rings. The van der Waals surface area contributed by atoms with Crippen molar-refractivity contribution in [2.75, 3.05) is 0 Å². The molecule has 3 aromatic carbocycles. The van der Waals surface area contributed by atoms with Crippen LogP contribution in [-0.2, 0) is 0 Å². The molecule has 0 radical (unpaired) electrons. The minimum absolute atomic E-state index is 0.169. The van der Waals surface area contributed by atoms with Gasteiger partial charge in [-0.3, -0.25) is 0 Å². The standard InChI is InChI=1S/C13H10O3.C6H6O2/c14-13(15-11-7-3-1-4-8-11)16-12-9-5-2-6-10-12;7-5-1-2-6(8)4-3-5/h1-10H;1-4,7-8H. The van der Waals surface area contributed by atoms with Gasteiger partial charge < -0.3 is 19.7 Å². The molecule has 2 N–H and O–H groups in total. The van der Waals surface area contributed by atoms with Gasteiger partial charge in [0.25, 0.3) is 0 Å². The molecule has 0 saturated heterocycles. The summed E-state index contributed by atoms with van der Waals surface area (Å²) in [5.74, 6) is 1.26. The summed E-state index contributed by atoms with van der Waals surface area (Å²) < 4.78 is 9.91. The Kier molecular flexibility index (Phi) is 6.23. The predicted octanol–water partition coefficient (Wildman–Crippen LogP) is 4.36. The summed E-state index contributed by atoms with van der Waals surface area (Å²) in [5.41, 5.74) is 0. The fraction of sp³-hybridized carbons (Fsp3) is 0. The third-order valence-corrected chi connectivity index (χ3v) is 2.74. The molecular weight excluding hydrogens is 308 g/mol. The van der Waals surface area contributed by atoms with Crippen LogP contribution in [0.2, 0.25) is 0 Å². The zero-order chi connectivity index (χ0) is 17.2. The van der Waals surface area contributed by atoms with Crippen molar-refractivity contribution in [3.8, 4) is 23.0 Å². The zero-order valence-electron chi connectivity index (χ0n) is 12.7. The van der Waals surface area contributed by atoms with E-state index in [9.17, 15) is 4.79 Å². The topological polar surface area (TPSA) is 76.0 Å². The number of para-hydroxylation sites is 2. The number of carbonyl (C=O) groups is 1. The summed E-state index contributed by atoms with van der Waals surface area (Å²) >= 11 is 0. The summed E-state index contributed by atoms with van der Waals surface area (Å²) in [6.45, 7) is 0. The van der Waals surface area contributed by atoms with Gasteiger partial charge >= 0.3 is 6.16 Å². The Morgan fingerprint density at radius 2 is 0.917 bits per heavy atom. The van der Waals surface area contributed by atoms with Crippen molar-refractivity contribution in [2.24, 2.45) is 0 Å². The van der Waals surface area contributed by atoms with Gasteiger partial charge in [0.15, 0.2) is 0 Å². The normalized spacial score (nSPS) is 9.33. The average molecular weight is 324 g/mol. The largest absolute Gasteiger partial charge is 0.519 e. The molecule has 0 amide bonds. The van der Waals surface area contributed by atoms with Gasteiger partial charge in [0.05, 0.1) is 0 Å². The van der Waals surface area contributed by atoms with Gasteiger partial charge in [-0.25, -0.2) is 4.79 Å². The van der Waals surface area contributed by atoms with E-state index in [2.05, 4.69) is 0 Å². The number of hydrogen-bond acceptors (Lipinski definition) is 5. The fourth-order valence-electron chi connectivity index (χ4n) is 1.64. The molecule has 0 bridgehead atoms. The van der Waals surface area contributed by atoms with E-state index in [4.69, 9.17) is 19.7 Å². The van der Waals surface area contributed by atoms with Gasteiger partial charge in [-0.05, 0) is 48.5 Å². The molecule has 5 nitrogen and oxygen atoms in total. The second kappa shape index (κ2) is 8.85. The Morgan fingerprint density at radius 3 is 1.25 bits per heavy atom. The highest BCUT2D eigenvalue weighted by molar-refractivity contribution is 5.66. The molecule has 0 atom stereocenters. The first-order valence-electron chi connectivity index (χ1n) is 7.11. The maximum Gasteiger partial charge on any atom is 0.519 e. The third kappa shape index (κ3) is 6.11. The smallest absolute Gasteiger partial charge is 0.508 e. The number of ether oxygens (including phenoxy) is 2. The van der Waals surface area contributed by atoms with E-state index in [0.717, 1.165) is 0 Å². The van der Waals surface area contributed by atoms with Crippen molar-refractivity contribution in [3.05, 3.63) is 84.9 Å². The van der Waals surface area contributed by atoms with Crippen molar-refractivity contribution < 1.29 is 24.5 Å². The first-order chi connectivity index (χ1) is 11.6. The molecule has 0 aliphatic heterocycles. The molecule has 24 heavy (non-hydrogen) atoms. The molecule has 3 rings (SSSR count). The molecule has 0 spiro atoms. The van der Waals surface area contributed by atoms with E-state index in [1.165, 1.54) is 24.3 Å². The molecule has 0 aliphatic carbocycles. The third-order valence-electron chi connectivity index (χ3n) is 2.74. The summed E-state index contributed by atoms with van der Waals surface area (Å²) in [4.78, 5) is 11.3. The lowest BCUT2D eigenvalue weighted by molar-refractivity contribution is 0.152. The van der Waals surface area contributed by atoms with Crippen LogP contribution in [0.1, 0.15) is 0 Å². The highest BCUT2D eigenvalue weighted by Crippen LogP contribution is 2.13. The fourth-order valence-corrected chi connectivity index (χ4v) is 1.64. The van der Waals surface area contributed by atoms with Gasteiger partial charge in [0, 0.05) is 0 Å². The van der Waals surface area contributed by atoms with Crippen LogP contribution in [0.15, 0.2) is 84.9 Å². The summed E-state index contributed by atoms with van der Waals surface area (Å²) in [6, 6.07) is 23.3. The van der Waals surface area contributed by atoms with E-state index < -0.39 is 6.16 Å². The van der Waals surface area contributed by atoms with Crippen LogP contribution in [-0.4, -0.2) is 16.4 Å². The molecule has 0 saturated carbocycles. The molecule has 122 valence electrons. The Labute approximate surface area is 139 Å². The summed E-state index contributed by atoms with van der Waals surface area (Å²) in [5, 5.41) is 17.3. The number of phenolic OH excluding ortho intramolecular Hbond substituents is 2. The lowest BCUT2D eigenvalue weighted by atomic mass is 10.3. The van der Waals surface area contributed by atoms with Gasteiger partial charge in [-0.1, -0.05) is 36.4 Å². The number of hydrogen-bond donors (Lipinski definition) is 2. The number of carbonyl (C=O) groups excluding carboxylic acids is 1. The van der Waals surface area contributed by atoms with Gasteiger partial charge in [0.1, 0.15) is 23.0 Å². The van der Waals surface area contributed by atoms with Crippen LogP contribution in [0, 0.1) is 0 Å². The Balaban J connectivity index is 0.000000219. The minimum Gasteiger partial charge on any atom is -0.508 e. The SMILES string of the molecule is O=C(Oc1ccccc1)Oc1ccccc1.Oc1ccc(O)cc1. The van der Waals surface area contributed by atoms with Crippen molar-refractivity contribution in [1.82, 2.24) is 0 Å². The highest BCUT2D eigenvalue weighted by atomic mass is 16.7. The van der Waals surface area contributed by atoms with Gasteiger partial charge in [0.2, 0.25) is 0 Å². The maximum absolute atomic E-state index is 11.3. The number of benzene rings is 3. The van der Waals surface area contributed by atoms with Crippen molar-refractivity contribution >= 4 is 6.16 Å². The Morgan fingerprint density at radius 1 is 0.583 bits per heavy atom. The highest BCUT2D eigenvalue weighted by Gasteiger charge is 2.06. The molecule has 0 unspecified atom stereocenters. The van der Waals surface area contributed by atoms with Crippen molar-refractivity contribution in [1.29, 1.82) is 0 Å². The van der Waals surface area contributed by atoms with E-state index in [-0.39, 0.29) is 11.5 Å². The van der Waals surface area contributed by atoms with E-state index in [0.29, 0.717) is 11.5 Å². The molecule has 5 heteroatoms. The van der Waals surface area contributed by atoms with Crippen LogP contribution in [0.25, 0.3) is 0 Å². The quantitative estimate of drug-likeness (QED) is 0.416. The number of rotatable bonds is 2. The van der Waals surface area contributed by atoms with Crippen LogP contribution < -0.4 is 9.47 Å². The van der Waals surface area contributed by atoms with Gasteiger partial charge in [-0.2, -0.15) is 0 Å². The van der Waals surface area contributed by atoms with E-state index in [1.54, 1.807) is 48.5 Å². The van der Waals surface area contributed by atoms with Crippen LogP contribution in [0.5, 0.6) is 23.0 Å².